The van der Waals surface area contributed by atoms with E-state index in [1.165, 1.54) is 12.5 Å². The molecule has 0 amide bonds. The van der Waals surface area contributed by atoms with Gasteiger partial charge in [0.2, 0.25) is 0 Å². The second kappa shape index (κ2) is 17.3. The first-order valence-corrected chi connectivity index (χ1v) is 23.7. The normalized spacial score (nSPS) is 55.8. The molecule has 3 aliphatic heterocycles. The Morgan fingerprint density at radius 2 is 1.42 bits per heavy atom. The molecule has 65 heavy (non-hydrogen) atoms. The molecular weight excluding hydrogens is 852 g/mol. The summed E-state index contributed by atoms with van der Waals surface area (Å²) < 4.78 is 36.0. The summed E-state index contributed by atoms with van der Waals surface area (Å²) in [7, 11) is 0. The average Bonchev–Trinajstić information content (AvgIpc) is 3.25. The van der Waals surface area contributed by atoms with E-state index in [0.717, 1.165) is 38.5 Å². The van der Waals surface area contributed by atoms with Crippen molar-refractivity contribution < 1.29 is 89.1 Å². The minimum Gasteiger partial charge on any atom is -0.479 e. The van der Waals surface area contributed by atoms with Gasteiger partial charge in [-0.2, -0.15) is 0 Å². The van der Waals surface area contributed by atoms with Crippen LogP contribution in [0, 0.1) is 50.2 Å². The van der Waals surface area contributed by atoms with Crippen molar-refractivity contribution in [3.63, 3.8) is 0 Å². The van der Waals surface area contributed by atoms with Gasteiger partial charge in [0, 0.05) is 23.9 Å². The third-order valence-corrected chi connectivity index (χ3v) is 19.1. The number of carboxylic acids is 1. The van der Waals surface area contributed by atoms with E-state index in [1.807, 2.05) is 13.8 Å². The van der Waals surface area contributed by atoms with Crippen LogP contribution >= 0.6 is 0 Å². The van der Waals surface area contributed by atoms with Crippen LogP contribution in [-0.2, 0) is 38.0 Å². The molecule has 8 rings (SSSR count). The van der Waals surface area contributed by atoms with Crippen LogP contribution in [0.15, 0.2) is 11.6 Å². The van der Waals surface area contributed by atoms with E-state index in [-0.39, 0.29) is 53.0 Å². The number of aliphatic hydroxyl groups excluding tert-OH is 9. The highest BCUT2D eigenvalue weighted by Crippen LogP contribution is 2.75. The van der Waals surface area contributed by atoms with Gasteiger partial charge in [0.05, 0.1) is 25.4 Å². The fourth-order valence-corrected chi connectivity index (χ4v) is 14.6. The van der Waals surface area contributed by atoms with Gasteiger partial charge in [0.1, 0.15) is 60.7 Å². The molecule has 0 aromatic carbocycles. The van der Waals surface area contributed by atoms with Crippen molar-refractivity contribution in [2.75, 3.05) is 19.8 Å². The van der Waals surface area contributed by atoms with Crippen molar-refractivity contribution >= 4 is 11.8 Å². The smallest absolute Gasteiger partial charge is 0.335 e. The number of allylic oxidation sites excluding steroid dienone is 2. The number of fused-ring (bicyclic) bond motifs is 7. The summed E-state index contributed by atoms with van der Waals surface area (Å²) in [5.41, 5.74) is -1.19. The number of ether oxygens (including phenoxy) is 6. The number of carbonyl (C=O) groups is 2. The lowest BCUT2D eigenvalue weighted by Crippen LogP contribution is -2.68. The van der Waals surface area contributed by atoms with E-state index in [0.29, 0.717) is 19.3 Å². The van der Waals surface area contributed by atoms with Crippen LogP contribution in [0.5, 0.6) is 0 Å². The van der Waals surface area contributed by atoms with Crippen molar-refractivity contribution in [1.82, 2.24) is 0 Å². The SMILES string of the molecule is C[C@@H]1O[C@@H](O[C@H]2[C@H](O[C@H]3[C@H](O[C@H]4CC[C@@]5(C)C(CC[C@]6(C)C5CC=C5C7C[C@@](C)(CO)CC(=O)[C@]7(C)CC[C@]56C)[C@@]4(C)CO)O[C@H](C(=O)O)[C@@H](O)[C@@H]3O)OC[C@@H](O)[C@@H]2O)[C@H](O)[C@H](O)[C@H]1O. The van der Waals surface area contributed by atoms with Crippen LogP contribution in [0.3, 0.4) is 0 Å². The molecule has 5 aliphatic carbocycles. The number of carbonyl (C=O) groups excluding carboxylic acids is 1. The maximum atomic E-state index is 13.8. The Labute approximate surface area is 380 Å². The summed E-state index contributed by atoms with van der Waals surface area (Å²) in [5, 5.41) is 108. The molecule has 7 fully saturated rings. The summed E-state index contributed by atoms with van der Waals surface area (Å²) in [5.74, 6) is -1.21. The fourth-order valence-electron chi connectivity index (χ4n) is 14.6. The first-order valence-electron chi connectivity index (χ1n) is 23.7. The average molecular weight is 927 g/mol. The number of aliphatic carboxylic acids is 1. The monoisotopic (exact) mass is 926 g/mol. The van der Waals surface area contributed by atoms with Gasteiger partial charge >= 0.3 is 5.97 Å². The highest BCUT2D eigenvalue weighted by Gasteiger charge is 2.70. The molecule has 24 atom stereocenters. The maximum Gasteiger partial charge on any atom is 0.335 e. The molecule has 0 aromatic heterocycles. The zero-order chi connectivity index (χ0) is 47.6. The molecule has 3 heterocycles. The Morgan fingerprint density at radius 3 is 2.08 bits per heavy atom. The highest BCUT2D eigenvalue weighted by atomic mass is 16.8. The summed E-state index contributed by atoms with van der Waals surface area (Å²) >= 11 is 0. The Bertz CT molecular complexity index is 1830. The summed E-state index contributed by atoms with van der Waals surface area (Å²) in [6.07, 6.45) is -15.8. The number of Topliss-reactive ketones (excluding diaryl/α,β-unsaturated/α-hetero) is 1. The number of aliphatic hydroxyl groups is 9. The third-order valence-electron chi connectivity index (χ3n) is 19.1. The number of hydrogen-bond donors (Lipinski definition) is 10. The lowest BCUT2D eigenvalue weighted by Gasteiger charge is -2.71. The molecule has 8 aliphatic rings. The zero-order valence-corrected chi connectivity index (χ0v) is 38.7. The Balaban J connectivity index is 1.06. The van der Waals surface area contributed by atoms with Gasteiger partial charge in [0.25, 0.3) is 0 Å². The molecule has 0 aromatic rings. The topological polar surface area (TPSA) is 292 Å². The highest BCUT2D eigenvalue weighted by molar-refractivity contribution is 5.87. The molecule has 10 N–H and O–H groups in total. The van der Waals surface area contributed by atoms with Crippen LogP contribution < -0.4 is 0 Å². The Kier molecular flexibility index (Phi) is 13.2. The van der Waals surface area contributed by atoms with Crippen LogP contribution in [0.25, 0.3) is 0 Å². The molecule has 370 valence electrons. The maximum absolute atomic E-state index is 13.8. The summed E-state index contributed by atoms with van der Waals surface area (Å²) in [6, 6.07) is 0. The van der Waals surface area contributed by atoms with E-state index >= 15 is 0 Å². The summed E-state index contributed by atoms with van der Waals surface area (Å²) in [6.45, 7) is 13.8. The fraction of sp³-hybridized carbons (Fsp3) is 0.915. The van der Waals surface area contributed by atoms with Gasteiger partial charge in [-0.05, 0) is 97.7 Å². The Hall–Kier alpha value is -1.72. The van der Waals surface area contributed by atoms with Crippen LogP contribution in [0.2, 0.25) is 0 Å². The molecule has 0 spiro atoms. The largest absolute Gasteiger partial charge is 0.479 e. The summed E-state index contributed by atoms with van der Waals surface area (Å²) in [4.78, 5) is 26.3. The van der Waals surface area contributed by atoms with E-state index < -0.39 is 121 Å². The van der Waals surface area contributed by atoms with E-state index in [1.54, 1.807) is 0 Å². The molecule has 3 saturated heterocycles. The molecule has 0 bridgehead atoms. The third kappa shape index (κ3) is 7.62. The predicted octanol–water partition coefficient (Wildman–Crippen LogP) is 0.524. The quantitative estimate of drug-likeness (QED) is 0.111. The van der Waals surface area contributed by atoms with E-state index in [9.17, 15) is 60.7 Å². The van der Waals surface area contributed by atoms with Crippen molar-refractivity contribution in [2.24, 2.45) is 50.2 Å². The second-order valence-electron chi connectivity index (χ2n) is 22.8. The molecular formula is C47H74O18. The van der Waals surface area contributed by atoms with Gasteiger partial charge in [-0.3, -0.25) is 4.79 Å². The standard InChI is InChI=1S/C47H74O18/c1-21-29(52)31(54)34(57)39(61-21)64-36-30(53)24(50)18-60-40(36)65-37-33(56)32(55)35(38(58)59)63-41(37)62-28-11-12-44(4)25(45(28,5)20-49)10-13-47(7)26(44)9-8-22-23-16-42(2,19-48)17-27(51)43(23,3)14-15-46(22,47)6/h8,21,23-26,28-37,39-41,48-50,52-57H,9-20H2,1-7H3,(H,58,59)/t21-,23?,24+,25?,26?,28-,29-,30-,31+,32-,33-,34+,35-,36+,37+,39-,40-,41+,42+,43+,44-,45+,46+,47+/m0/s1. The molecule has 18 heteroatoms. The van der Waals surface area contributed by atoms with Gasteiger partial charge in [0.15, 0.2) is 25.0 Å². The minimum atomic E-state index is -2.03. The molecule has 18 nitrogen and oxygen atoms in total. The first-order chi connectivity index (χ1) is 30.3. The number of carboxylic acid groups (broad SMARTS) is 1. The van der Waals surface area contributed by atoms with Crippen LogP contribution in [0.4, 0.5) is 0 Å². The van der Waals surface area contributed by atoms with E-state index in [4.69, 9.17) is 28.4 Å². The van der Waals surface area contributed by atoms with Gasteiger partial charge in [-0.15, -0.1) is 0 Å². The number of ketones is 1. The Morgan fingerprint density at radius 1 is 0.738 bits per heavy atom. The molecule has 4 saturated carbocycles. The van der Waals surface area contributed by atoms with Crippen molar-refractivity contribution in [3.8, 4) is 0 Å². The number of rotatable bonds is 9. The number of hydrogen-bond acceptors (Lipinski definition) is 17. The predicted molar refractivity (Wildman–Crippen MR) is 225 cm³/mol. The van der Waals surface area contributed by atoms with Crippen LogP contribution in [-0.4, -0.2) is 175 Å². The van der Waals surface area contributed by atoms with Gasteiger partial charge < -0.3 is 79.5 Å². The molecule has 3 unspecified atom stereocenters. The van der Waals surface area contributed by atoms with Gasteiger partial charge in [-0.25, -0.2) is 4.79 Å². The first kappa shape index (κ1) is 49.7. The van der Waals surface area contributed by atoms with Crippen LogP contribution in [0.1, 0.15) is 106 Å². The second-order valence-corrected chi connectivity index (χ2v) is 22.8. The minimum absolute atomic E-state index is 0.0379. The molecule has 0 radical (unpaired) electrons. The van der Waals surface area contributed by atoms with E-state index in [2.05, 4.69) is 33.8 Å². The zero-order valence-electron chi connectivity index (χ0n) is 38.7. The lowest BCUT2D eigenvalue weighted by molar-refractivity contribution is -0.387. The lowest BCUT2D eigenvalue weighted by atomic mass is 9.33. The van der Waals surface area contributed by atoms with Crippen molar-refractivity contribution in [2.45, 2.75) is 198 Å². The van der Waals surface area contributed by atoms with Crippen molar-refractivity contribution in [1.29, 1.82) is 0 Å². The van der Waals surface area contributed by atoms with Gasteiger partial charge in [-0.1, -0.05) is 53.2 Å². The van der Waals surface area contributed by atoms with Crippen molar-refractivity contribution in [3.05, 3.63) is 11.6 Å².